The van der Waals surface area contributed by atoms with Crippen molar-refractivity contribution in [2.45, 2.75) is 139 Å². The fourth-order valence-corrected chi connectivity index (χ4v) is 4.49. The zero-order valence-electron chi connectivity index (χ0n) is 31.8. The minimum absolute atomic E-state index is 0.205. The van der Waals surface area contributed by atoms with Crippen molar-refractivity contribution in [2.24, 2.45) is 0 Å². The van der Waals surface area contributed by atoms with Crippen LogP contribution in [0, 0.1) is 0 Å². The number of methoxy groups -OCH3 is 1. The van der Waals surface area contributed by atoms with Crippen molar-refractivity contribution in [1.29, 1.82) is 0 Å². The highest BCUT2D eigenvalue weighted by molar-refractivity contribution is 5.82. The summed E-state index contributed by atoms with van der Waals surface area (Å²) in [6, 6.07) is 0. The van der Waals surface area contributed by atoms with Crippen LogP contribution in [0.5, 0.6) is 0 Å². The molecule has 1 aromatic rings. The third kappa shape index (κ3) is 35.9. The molecule has 0 aliphatic rings. The minimum atomic E-state index is -0.205. The first kappa shape index (κ1) is 46.3. The first-order chi connectivity index (χ1) is 22.6. The van der Waals surface area contributed by atoms with Crippen LogP contribution in [0.3, 0.4) is 0 Å². The lowest BCUT2D eigenvalue weighted by Gasteiger charge is -2.21. The third-order valence-corrected chi connectivity index (χ3v) is 7.20. The molecule has 0 fully saturated rings. The molecule has 1 aromatic heterocycles. The molecule has 0 aromatic carbocycles. The number of aryl methyl sites for hydroxylation is 1. The van der Waals surface area contributed by atoms with Crippen LogP contribution in [0.4, 0.5) is 0 Å². The van der Waals surface area contributed by atoms with Gasteiger partial charge in [0.25, 0.3) is 0 Å². The van der Waals surface area contributed by atoms with Crippen molar-refractivity contribution in [1.82, 2.24) is 14.5 Å². The maximum Gasteiger partial charge on any atom is 0.330 e. The zero-order valence-corrected chi connectivity index (χ0v) is 31.8. The number of ether oxygens (including phenoxy) is 2. The summed E-state index contributed by atoms with van der Waals surface area (Å²) in [6.45, 7) is 22.8. The van der Waals surface area contributed by atoms with E-state index in [1.165, 1.54) is 69.3 Å². The fraction of sp³-hybridized carbons (Fsp3) is 0.675. The van der Waals surface area contributed by atoms with Crippen molar-refractivity contribution in [3.05, 3.63) is 65.3 Å². The second-order valence-electron chi connectivity index (χ2n) is 12.7. The predicted molar refractivity (Wildman–Crippen MR) is 201 cm³/mol. The quantitative estimate of drug-likeness (QED) is 0.0362. The number of nitrogens with zero attached hydrogens (tertiary/aromatic N) is 3. The third-order valence-electron chi connectivity index (χ3n) is 7.20. The second kappa shape index (κ2) is 34.6. The number of unbranched alkanes of at least 4 members (excludes halogenated alkanes) is 4. The lowest BCUT2D eigenvalue weighted by atomic mass is 10.1. The largest absolute Gasteiger partial charge is 0.463 e. The Hall–Kier alpha value is -2.77. The second-order valence-corrected chi connectivity index (χ2v) is 12.7. The Balaban J connectivity index is 0. The highest BCUT2D eigenvalue weighted by Gasteiger charge is 2.04. The van der Waals surface area contributed by atoms with Gasteiger partial charge in [0.15, 0.2) is 0 Å². The molecule has 270 valence electrons. The summed E-state index contributed by atoms with van der Waals surface area (Å²) in [5, 5.41) is 0. The molecule has 0 amide bonds. The van der Waals surface area contributed by atoms with Gasteiger partial charge in [-0.15, -0.1) is 0 Å². The Kier molecular flexibility index (Phi) is 34.1. The molecule has 0 atom stereocenters. The molecular formula is C40H71N3O4. The van der Waals surface area contributed by atoms with Crippen LogP contribution >= 0.6 is 0 Å². The van der Waals surface area contributed by atoms with E-state index in [4.69, 9.17) is 9.47 Å². The van der Waals surface area contributed by atoms with Crippen LogP contribution < -0.4 is 0 Å². The van der Waals surface area contributed by atoms with Crippen LogP contribution in [-0.4, -0.2) is 66.7 Å². The predicted octanol–water partition coefficient (Wildman–Crippen LogP) is 10.1. The molecule has 0 unspecified atom stereocenters. The van der Waals surface area contributed by atoms with E-state index in [1.54, 1.807) is 19.3 Å². The normalized spacial score (nSPS) is 11.2. The molecule has 0 saturated carbocycles. The van der Waals surface area contributed by atoms with Gasteiger partial charge in [-0.05, 0) is 125 Å². The van der Waals surface area contributed by atoms with Crippen LogP contribution in [0.25, 0.3) is 0 Å². The van der Waals surface area contributed by atoms with Crippen LogP contribution in [0.15, 0.2) is 65.3 Å². The molecule has 1 heterocycles. The molecule has 0 spiro atoms. The number of rotatable bonds is 24. The molecule has 47 heavy (non-hydrogen) atoms. The van der Waals surface area contributed by atoms with Crippen LogP contribution in [0.2, 0.25) is 0 Å². The highest BCUT2D eigenvalue weighted by atomic mass is 16.5. The monoisotopic (exact) mass is 658 g/mol. The average molecular weight is 658 g/mol. The van der Waals surface area contributed by atoms with E-state index in [1.807, 2.05) is 32.6 Å². The summed E-state index contributed by atoms with van der Waals surface area (Å²) < 4.78 is 12.3. The molecule has 7 heteroatoms. The van der Waals surface area contributed by atoms with Gasteiger partial charge in [0, 0.05) is 38.7 Å². The van der Waals surface area contributed by atoms with Crippen LogP contribution in [0.1, 0.15) is 132 Å². The van der Waals surface area contributed by atoms with Crippen molar-refractivity contribution < 1.29 is 19.1 Å². The molecule has 0 saturated heterocycles. The number of aldehydes is 1. The average Bonchev–Trinajstić information content (AvgIpc) is 3.53. The maximum atomic E-state index is 11.3. The lowest BCUT2D eigenvalue weighted by molar-refractivity contribution is -0.137. The van der Waals surface area contributed by atoms with E-state index < -0.39 is 0 Å². The maximum absolute atomic E-state index is 11.3. The van der Waals surface area contributed by atoms with Gasteiger partial charge in [0.1, 0.15) is 6.29 Å². The van der Waals surface area contributed by atoms with E-state index in [9.17, 15) is 9.59 Å². The summed E-state index contributed by atoms with van der Waals surface area (Å²) >= 11 is 0. The zero-order chi connectivity index (χ0) is 35.5. The Morgan fingerprint density at radius 1 is 0.787 bits per heavy atom. The van der Waals surface area contributed by atoms with Gasteiger partial charge in [0.2, 0.25) is 0 Å². The molecule has 0 N–H and O–H groups in total. The topological polar surface area (TPSA) is 73.7 Å². The molecule has 0 bridgehead atoms. The minimum Gasteiger partial charge on any atom is -0.463 e. The van der Waals surface area contributed by atoms with E-state index >= 15 is 0 Å². The number of imidazole rings is 1. The number of esters is 1. The number of aromatic nitrogens is 2. The summed E-state index contributed by atoms with van der Waals surface area (Å²) in [7, 11) is 1.78. The standard InChI is InChI=1S/C16H31N3O.C14H24O2.C10H16O/c1-3-10-18(11-6-4-5-7-15-20-2)12-8-13-19-14-9-17-16-19;1-5-6-10-16-14(15)11-13(4)9-7-8-12(2)3;1-9(2)5-4-6-10(3)7-8-11/h9,14,16H,3-8,10-13,15H2,1-2H3;8,11H,5-7,9-10H2,1-4H3;5,7-8H,4,6H2,1-3H3/b;13-11+;10-7+. The van der Waals surface area contributed by atoms with Gasteiger partial charge in [-0.25, -0.2) is 9.78 Å². The Bertz CT molecular complexity index is 985. The van der Waals surface area contributed by atoms with Crippen molar-refractivity contribution in [3.8, 4) is 0 Å². The molecule has 1 rings (SSSR count). The molecule has 0 aliphatic heterocycles. The number of hydrogen-bond donors (Lipinski definition) is 0. The molecule has 7 nitrogen and oxygen atoms in total. The smallest absolute Gasteiger partial charge is 0.330 e. The number of allylic oxidation sites excluding steroid dienone is 7. The van der Waals surface area contributed by atoms with Crippen LogP contribution in [-0.2, 0) is 25.6 Å². The van der Waals surface area contributed by atoms with Crippen molar-refractivity contribution >= 4 is 12.3 Å². The van der Waals surface area contributed by atoms with E-state index in [0.717, 1.165) is 69.1 Å². The number of carbonyl (C=O) groups excluding carboxylic acids is 2. The summed E-state index contributed by atoms with van der Waals surface area (Å²) in [6.07, 6.45) is 27.8. The van der Waals surface area contributed by atoms with Crippen molar-refractivity contribution in [3.63, 3.8) is 0 Å². The first-order valence-corrected chi connectivity index (χ1v) is 18.0. The van der Waals surface area contributed by atoms with Crippen molar-refractivity contribution in [2.75, 3.05) is 40.0 Å². The Morgan fingerprint density at radius 2 is 1.43 bits per heavy atom. The molecule has 0 radical (unpaired) electrons. The first-order valence-electron chi connectivity index (χ1n) is 18.0. The van der Waals surface area contributed by atoms with E-state index in [0.29, 0.717) is 6.61 Å². The highest BCUT2D eigenvalue weighted by Crippen LogP contribution is 2.08. The summed E-state index contributed by atoms with van der Waals surface area (Å²) in [5.74, 6) is -0.205. The van der Waals surface area contributed by atoms with Gasteiger partial charge in [-0.1, -0.05) is 67.6 Å². The Morgan fingerprint density at radius 3 is 1.98 bits per heavy atom. The number of carbonyl (C=O) groups is 2. The van der Waals surface area contributed by atoms with Gasteiger partial charge in [0.05, 0.1) is 12.9 Å². The molecular weight excluding hydrogens is 586 g/mol. The van der Waals surface area contributed by atoms with E-state index in [-0.39, 0.29) is 5.97 Å². The molecule has 0 aliphatic carbocycles. The van der Waals surface area contributed by atoms with Gasteiger partial charge in [-0.2, -0.15) is 0 Å². The fourth-order valence-electron chi connectivity index (χ4n) is 4.49. The SMILES string of the molecule is CC(C)=CCC/C(C)=C/C=O.CCCCOC(=O)/C=C(\C)CCC=C(C)C.CCCN(CCCCCCOC)CCCn1ccnc1. The lowest BCUT2D eigenvalue weighted by Crippen LogP contribution is -2.27. The number of hydrogen-bond acceptors (Lipinski definition) is 6. The van der Waals surface area contributed by atoms with Gasteiger partial charge >= 0.3 is 5.97 Å². The van der Waals surface area contributed by atoms with Gasteiger partial charge in [-0.3, -0.25) is 4.79 Å². The van der Waals surface area contributed by atoms with Gasteiger partial charge < -0.3 is 18.9 Å². The summed E-state index contributed by atoms with van der Waals surface area (Å²) in [5.41, 5.74) is 4.89. The Labute approximate surface area is 289 Å². The van der Waals surface area contributed by atoms with E-state index in [2.05, 4.69) is 68.1 Å². The summed E-state index contributed by atoms with van der Waals surface area (Å²) in [4.78, 5) is 28.0.